The van der Waals surface area contributed by atoms with Gasteiger partial charge in [0.15, 0.2) is 5.96 Å². The van der Waals surface area contributed by atoms with Gasteiger partial charge in [0, 0.05) is 17.1 Å². The Morgan fingerprint density at radius 1 is 1.44 bits per heavy atom. The molecule has 1 aromatic carbocycles. The largest absolute Gasteiger partial charge is 0.573 e. The molecule has 0 amide bonds. The number of nitrogens with one attached hydrogen (secondary N) is 1. The van der Waals surface area contributed by atoms with E-state index in [2.05, 4.69) is 31.0 Å². The first-order valence-corrected chi connectivity index (χ1v) is 6.01. The molecule has 1 rings (SSSR count). The number of ether oxygens (including phenoxy) is 1. The molecule has 0 fully saturated rings. The van der Waals surface area contributed by atoms with Crippen molar-refractivity contribution in [3.8, 4) is 5.75 Å². The second-order valence-corrected chi connectivity index (χ2v) is 3.95. The molecule has 0 saturated carbocycles. The first kappa shape index (κ1) is 14.6. The molecule has 4 nitrogen and oxygen atoms in total. The van der Waals surface area contributed by atoms with Gasteiger partial charge in [-0.3, -0.25) is 4.99 Å². The third-order valence-electron chi connectivity index (χ3n) is 1.71. The van der Waals surface area contributed by atoms with E-state index in [1.165, 1.54) is 18.2 Å². The molecule has 3 N–H and O–H groups in total. The summed E-state index contributed by atoms with van der Waals surface area (Å²) in [6.07, 6.45) is -4.71. The minimum atomic E-state index is -4.71. The quantitative estimate of drug-likeness (QED) is 0.508. The topological polar surface area (TPSA) is 59.6 Å². The van der Waals surface area contributed by atoms with Gasteiger partial charge in [0.1, 0.15) is 5.75 Å². The fourth-order valence-electron chi connectivity index (χ4n) is 1.12. The number of anilines is 1. The van der Waals surface area contributed by atoms with Crippen LogP contribution in [0.2, 0.25) is 0 Å². The van der Waals surface area contributed by atoms with Gasteiger partial charge in [0.05, 0.1) is 6.54 Å². The van der Waals surface area contributed by atoms with Crippen molar-refractivity contribution in [1.29, 1.82) is 0 Å². The van der Waals surface area contributed by atoms with Gasteiger partial charge in [-0.2, -0.15) is 0 Å². The Labute approximate surface area is 110 Å². The van der Waals surface area contributed by atoms with Crippen LogP contribution in [0, 0.1) is 0 Å². The fraction of sp³-hybridized carbons (Fsp3) is 0.300. The number of benzene rings is 1. The SMILES string of the molecule is NC(=NCCBr)Nc1cccc(OC(F)(F)F)c1. The standard InChI is InChI=1S/C10H11BrF3N3O/c11-4-5-16-9(15)17-7-2-1-3-8(6-7)18-10(12,13)14/h1-3,6H,4-5H2,(H3,15,16,17). The van der Waals surface area contributed by atoms with Gasteiger partial charge in [-0.25, -0.2) is 0 Å². The van der Waals surface area contributed by atoms with Crippen molar-refractivity contribution < 1.29 is 17.9 Å². The summed E-state index contributed by atoms with van der Waals surface area (Å²) in [5.74, 6) is -0.195. The number of rotatable bonds is 4. The lowest BCUT2D eigenvalue weighted by Crippen LogP contribution is -2.23. The maximum absolute atomic E-state index is 12.0. The van der Waals surface area contributed by atoms with E-state index in [1.807, 2.05) is 0 Å². The highest BCUT2D eigenvalue weighted by atomic mass is 79.9. The van der Waals surface area contributed by atoms with Crippen LogP contribution in [0.25, 0.3) is 0 Å². The number of hydrogen-bond acceptors (Lipinski definition) is 2. The molecule has 0 bridgehead atoms. The average molecular weight is 326 g/mol. The van der Waals surface area contributed by atoms with Crippen LogP contribution in [-0.2, 0) is 0 Å². The Balaban J connectivity index is 2.70. The van der Waals surface area contributed by atoms with Crippen molar-refractivity contribution in [2.75, 3.05) is 17.2 Å². The molecule has 0 aliphatic rings. The van der Waals surface area contributed by atoms with Crippen molar-refractivity contribution >= 4 is 27.6 Å². The summed E-state index contributed by atoms with van der Waals surface area (Å²) in [6.45, 7) is 0.470. The van der Waals surface area contributed by atoms with Gasteiger partial charge in [-0.15, -0.1) is 13.2 Å². The van der Waals surface area contributed by atoms with Gasteiger partial charge in [-0.05, 0) is 12.1 Å². The molecule has 0 aromatic heterocycles. The molecule has 0 spiro atoms. The molecule has 0 aliphatic heterocycles. The van der Waals surface area contributed by atoms with Crippen molar-refractivity contribution in [2.45, 2.75) is 6.36 Å². The van der Waals surface area contributed by atoms with E-state index < -0.39 is 6.36 Å². The summed E-state index contributed by atoms with van der Waals surface area (Å²) in [5, 5.41) is 3.31. The lowest BCUT2D eigenvalue weighted by atomic mass is 10.3. The zero-order chi connectivity index (χ0) is 13.6. The first-order chi connectivity index (χ1) is 8.40. The number of alkyl halides is 4. The van der Waals surface area contributed by atoms with E-state index in [1.54, 1.807) is 6.07 Å². The van der Waals surface area contributed by atoms with Crippen LogP contribution in [0.3, 0.4) is 0 Å². The van der Waals surface area contributed by atoms with Gasteiger partial charge in [0.25, 0.3) is 0 Å². The minimum Gasteiger partial charge on any atom is -0.406 e. The van der Waals surface area contributed by atoms with E-state index in [0.29, 0.717) is 17.6 Å². The summed E-state index contributed by atoms with van der Waals surface area (Å²) in [7, 11) is 0. The Morgan fingerprint density at radius 3 is 2.78 bits per heavy atom. The zero-order valence-electron chi connectivity index (χ0n) is 9.17. The fourth-order valence-corrected chi connectivity index (χ4v) is 1.30. The minimum absolute atomic E-state index is 0.124. The third kappa shape index (κ3) is 5.76. The number of nitrogens with zero attached hydrogens (tertiary/aromatic N) is 1. The predicted molar refractivity (Wildman–Crippen MR) is 67.0 cm³/mol. The number of hydrogen-bond donors (Lipinski definition) is 2. The molecule has 0 saturated heterocycles. The molecule has 8 heteroatoms. The second kappa shape index (κ2) is 6.48. The number of nitrogens with two attached hydrogens (primary N) is 1. The Bertz CT molecular complexity index is 423. The number of guanidine groups is 1. The van der Waals surface area contributed by atoms with Crippen molar-refractivity contribution in [1.82, 2.24) is 0 Å². The highest BCUT2D eigenvalue weighted by Gasteiger charge is 2.31. The normalized spacial score (nSPS) is 12.3. The zero-order valence-corrected chi connectivity index (χ0v) is 10.8. The van der Waals surface area contributed by atoms with Gasteiger partial charge < -0.3 is 15.8 Å². The van der Waals surface area contributed by atoms with Crippen LogP contribution in [0.4, 0.5) is 18.9 Å². The van der Waals surface area contributed by atoms with Gasteiger partial charge in [-0.1, -0.05) is 22.0 Å². The van der Waals surface area contributed by atoms with Crippen molar-refractivity contribution in [3.63, 3.8) is 0 Å². The van der Waals surface area contributed by atoms with Crippen LogP contribution < -0.4 is 15.8 Å². The Hall–Kier alpha value is -1.44. The average Bonchev–Trinajstić information content (AvgIpc) is 2.24. The molecule has 1 aromatic rings. The monoisotopic (exact) mass is 325 g/mol. The number of aliphatic imine (C=N–C) groups is 1. The van der Waals surface area contributed by atoms with E-state index >= 15 is 0 Å². The van der Waals surface area contributed by atoms with Crippen LogP contribution >= 0.6 is 15.9 Å². The van der Waals surface area contributed by atoms with Gasteiger partial charge >= 0.3 is 6.36 Å². The van der Waals surface area contributed by atoms with Crippen LogP contribution in [0.1, 0.15) is 0 Å². The maximum atomic E-state index is 12.0. The molecule has 100 valence electrons. The summed E-state index contributed by atoms with van der Waals surface area (Å²) in [4.78, 5) is 3.92. The molecule has 0 aliphatic carbocycles. The highest BCUT2D eigenvalue weighted by molar-refractivity contribution is 9.09. The van der Waals surface area contributed by atoms with E-state index in [9.17, 15) is 13.2 Å². The van der Waals surface area contributed by atoms with E-state index in [-0.39, 0.29) is 11.7 Å². The van der Waals surface area contributed by atoms with Crippen molar-refractivity contribution in [2.24, 2.45) is 10.7 Å². The lowest BCUT2D eigenvalue weighted by molar-refractivity contribution is -0.274. The van der Waals surface area contributed by atoms with Crippen LogP contribution in [-0.4, -0.2) is 24.2 Å². The van der Waals surface area contributed by atoms with Crippen molar-refractivity contribution in [3.05, 3.63) is 24.3 Å². The smallest absolute Gasteiger partial charge is 0.406 e. The highest BCUT2D eigenvalue weighted by Crippen LogP contribution is 2.24. The summed E-state index contributed by atoms with van der Waals surface area (Å²) in [6, 6.07) is 5.36. The lowest BCUT2D eigenvalue weighted by Gasteiger charge is -2.10. The van der Waals surface area contributed by atoms with E-state index in [4.69, 9.17) is 5.73 Å². The molecular weight excluding hydrogens is 315 g/mol. The summed E-state index contributed by atoms with van der Waals surface area (Å²) >= 11 is 3.17. The summed E-state index contributed by atoms with van der Waals surface area (Å²) in [5.41, 5.74) is 5.89. The molecule has 0 atom stereocenters. The Kier molecular flexibility index (Phi) is 5.26. The molecule has 0 heterocycles. The number of halogens is 4. The third-order valence-corrected chi connectivity index (χ3v) is 2.06. The Morgan fingerprint density at radius 2 is 2.17 bits per heavy atom. The van der Waals surface area contributed by atoms with E-state index in [0.717, 1.165) is 0 Å². The summed E-state index contributed by atoms with van der Waals surface area (Å²) < 4.78 is 39.8. The maximum Gasteiger partial charge on any atom is 0.573 e. The molecule has 0 radical (unpaired) electrons. The van der Waals surface area contributed by atoms with Crippen LogP contribution in [0.15, 0.2) is 29.3 Å². The molecule has 0 unspecified atom stereocenters. The second-order valence-electron chi connectivity index (χ2n) is 3.16. The molecule has 18 heavy (non-hydrogen) atoms. The van der Waals surface area contributed by atoms with Gasteiger partial charge in [0.2, 0.25) is 0 Å². The predicted octanol–water partition coefficient (Wildman–Crippen LogP) is 2.71. The first-order valence-electron chi connectivity index (χ1n) is 4.89. The van der Waals surface area contributed by atoms with Crippen LogP contribution in [0.5, 0.6) is 5.75 Å². The molecular formula is C10H11BrF3N3O.